The number of hydrogen-bond acceptors (Lipinski definition) is 24. The van der Waals surface area contributed by atoms with E-state index < -0.39 is 56.8 Å². The predicted octanol–water partition coefficient (Wildman–Crippen LogP) is 7.68. The van der Waals surface area contributed by atoms with E-state index in [4.69, 9.17) is 71.8 Å². The fourth-order valence-corrected chi connectivity index (χ4v) is 12.5. The molecule has 3 aromatic heterocycles. The summed E-state index contributed by atoms with van der Waals surface area (Å²) in [4.78, 5) is 91.5. The number of pyridine rings is 3. The third-order valence-corrected chi connectivity index (χ3v) is 18.2. The van der Waals surface area contributed by atoms with E-state index in [2.05, 4.69) is 50.2 Å². The first kappa shape index (κ1) is 83.1. The molecule has 3 aromatic carbocycles. The van der Waals surface area contributed by atoms with Crippen LogP contribution < -0.4 is 58.9 Å². The van der Waals surface area contributed by atoms with Gasteiger partial charge in [-0.1, -0.05) is 35.5 Å². The Morgan fingerprint density at radius 3 is 0.762 bits per heavy atom. The zero-order chi connectivity index (χ0) is 77.4. The third kappa shape index (κ3) is 26.1. The molecule has 6 aromatic rings. The Hall–Kier alpha value is -9.15. The molecular weight excluding hydrogens is 1410 g/mol. The van der Waals surface area contributed by atoms with E-state index in [0.29, 0.717) is 89.7 Å². The van der Waals surface area contributed by atoms with Crippen LogP contribution in [0.4, 0.5) is 0 Å². The smallest absolute Gasteiger partial charge is 0.344 e. The number of rotatable bonds is 24. The largest absolute Gasteiger partial charge is 0.495 e. The summed E-state index contributed by atoms with van der Waals surface area (Å²) in [6.07, 6.45) is 0. The zero-order valence-electron chi connectivity index (χ0n) is 62.6. The van der Waals surface area contributed by atoms with Crippen LogP contribution in [-0.4, -0.2) is 201 Å². The molecule has 1 fully saturated rings. The molecule has 30 heteroatoms. The van der Waals surface area contributed by atoms with Gasteiger partial charge in [0.25, 0.3) is 0 Å². The minimum atomic E-state index is -4.03. The highest BCUT2D eigenvalue weighted by atomic mass is 31.2. The van der Waals surface area contributed by atoms with Crippen molar-refractivity contribution in [3.05, 3.63) is 123 Å². The molecule has 0 bridgehead atoms. The number of hydrogen-bond donors (Lipinski definition) is 3. The Bertz CT molecular complexity index is 3980. The van der Waals surface area contributed by atoms with E-state index in [1.807, 2.05) is 0 Å². The first-order valence-electron chi connectivity index (χ1n) is 33.1. The van der Waals surface area contributed by atoms with Crippen molar-refractivity contribution in [2.75, 3.05) is 122 Å². The maximum atomic E-state index is 13.6. The van der Waals surface area contributed by atoms with Gasteiger partial charge in [0.1, 0.15) is 102 Å². The number of aromatic nitrogens is 3. The van der Waals surface area contributed by atoms with E-state index in [1.165, 1.54) is 80.9 Å². The molecule has 564 valence electrons. The van der Waals surface area contributed by atoms with Gasteiger partial charge in [0.2, 0.25) is 22.1 Å². The summed E-state index contributed by atoms with van der Waals surface area (Å²) >= 11 is 0. The molecule has 0 aliphatic carbocycles. The summed E-state index contributed by atoms with van der Waals surface area (Å²) in [7, 11) is -3.46. The Morgan fingerprint density at radius 2 is 0.581 bits per heavy atom. The predicted molar refractivity (Wildman–Crippen MR) is 395 cm³/mol. The van der Waals surface area contributed by atoms with Crippen LogP contribution in [0.25, 0.3) is 0 Å². The van der Waals surface area contributed by atoms with Gasteiger partial charge >= 0.3 is 17.9 Å². The second kappa shape index (κ2) is 35.8. The molecule has 105 heavy (non-hydrogen) atoms. The van der Waals surface area contributed by atoms with Crippen molar-refractivity contribution in [2.45, 2.75) is 98.8 Å². The SMILES string of the molecule is COc1cc(OCC(=O)OC(C)(C)C)cc(OC)c1C#Cc1cc(CN2CCN(Cc3cc(C#Cc4c(OC)cc(OCC(=O)OC(C)(C)C)cc4OC)cc(P(C)(=O)O)n3)CCN(Cc3cc(C#Cc4c(OC)cc(OCC(=O)OC(C)(C)C)cc4OC)cc(P(C)(=O)O)n3)CC2)nc(P(C)(=O)O)c1. The van der Waals surface area contributed by atoms with Gasteiger partial charge in [0, 0.05) is 132 Å². The van der Waals surface area contributed by atoms with Crippen molar-refractivity contribution in [2.24, 2.45) is 0 Å². The lowest BCUT2D eigenvalue weighted by molar-refractivity contribution is -0.158. The molecule has 0 saturated carbocycles. The maximum Gasteiger partial charge on any atom is 0.344 e. The van der Waals surface area contributed by atoms with Gasteiger partial charge in [-0.2, -0.15) is 0 Å². The third-order valence-electron chi connectivity index (χ3n) is 15.0. The van der Waals surface area contributed by atoms with E-state index in [1.54, 1.807) is 117 Å². The minimum absolute atomic E-state index is 0.0954. The lowest BCUT2D eigenvalue weighted by Gasteiger charge is -2.26. The minimum Gasteiger partial charge on any atom is -0.495 e. The fraction of sp³-hybridized carbons (Fsp3) is 0.440. The van der Waals surface area contributed by atoms with E-state index >= 15 is 0 Å². The van der Waals surface area contributed by atoms with Crippen molar-refractivity contribution in [1.82, 2.24) is 29.7 Å². The van der Waals surface area contributed by atoms with E-state index in [9.17, 15) is 42.8 Å². The standard InChI is InChI=1S/C75H93N6O21P3/c1-73(2,3)100-70(82)46-97-55-37-61(91-10)58(62(38-55)92-11)22-19-49-31-52(76-67(34-49)103(16,85)86)43-79-25-27-80(44-53-32-50(35-68(77-53)104(17,87)88)20-23-59-63(93-12)39-56(40-64(59)94-13)98-47-71(83)101-74(4,5)6)29-30-81(28-26-79)45-54-33-51(36-69(78-54)105(18,89)90)21-24-60-65(95-14)41-57(42-66(60)96-15)99-48-72(84)102-75(7,8)9/h31-42H,25-30,43-48H2,1-18H3,(H,85,86)(H,87,88)(H,89,90). The Morgan fingerprint density at radius 1 is 0.371 bits per heavy atom. The Balaban J connectivity index is 1.27. The molecule has 0 radical (unpaired) electrons. The highest BCUT2D eigenvalue weighted by Gasteiger charge is 2.27. The lowest BCUT2D eigenvalue weighted by Crippen LogP contribution is -2.36. The van der Waals surface area contributed by atoms with E-state index in [-0.39, 0.29) is 108 Å². The molecule has 1 aliphatic rings. The monoisotopic (exact) mass is 1510 g/mol. The molecule has 3 unspecified atom stereocenters. The van der Waals surface area contributed by atoms with Crippen molar-refractivity contribution >= 4 is 56.3 Å². The van der Waals surface area contributed by atoms with Crippen LogP contribution in [0.5, 0.6) is 51.7 Å². The quantitative estimate of drug-likeness (QED) is 0.0226. The molecule has 7 rings (SSSR count). The molecule has 4 heterocycles. The van der Waals surface area contributed by atoms with Crippen LogP contribution in [0, 0.1) is 35.5 Å². The van der Waals surface area contributed by atoms with Gasteiger partial charge in [-0.25, -0.2) is 29.3 Å². The number of carbonyl (C=O) groups is 3. The maximum absolute atomic E-state index is 13.6. The van der Waals surface area contributed by atoms with Crippen LogP contribution in [-0.2, 0) is 61.9 Å². The second-order valence-corrected chi connectivity index (χ2v) is 34.2. The molecule has 27 nitrogen and oxygen atoms in total. The Labute approximate surface area is 613 Å². The zero-order valence-corrected chi connectivity index (χ0v) is 65.3. The van der Waals surface area contributed by atoms with Crippen LogP contribution in [0.2, 0.25) is 0 Å². The highest BCUT2D eigenvalue weighted by molar-refractivity contribution is 7.65. The topological polar surface area (TPSA) is 322 Å². The van der Waals surface area contributed by atoms with Crippen LogP contribution in [0.3, 0.4) is 0 Å². The average Bonchev–Trinajstić information content (AvgIpc) is 1.79. The molecule has 0 amide bonds. The number of methoxy groups -OCH3 is 6. The van der Waals surface area contributed by atoms with Gasteiger partial charge in [-0.05, 0) is 98.7 Å². The van der Waals surface area contributed by atoms with Gasteiger partial charge in [0.15, 0.2) is 19.8 Å². The molecule has 1 aliphatic heterocycles. The first-order valence-corrected chi connectivity index (χ1v) is 39.5. The summed E-state index contributed by atoms with van der Waals surface area (Å²) in [6.45, 7) is 20.9. The molecule has 3 atom stereocenters. The molecular formula is C75H93N6O21P3. The van der Waals surface area contributed by atoms with Gasteiger partial charge in [0.05, 0.1) is 59.7 Å². The lowest BCUT2D eigenvalue weighted by atomic mass is 10.1. The number of esters is 3. The van der Waals surface area contributed by atoms with Gasteiger partial charge in [-0.3, -0.25) is 28.4 Å². The number of nitrogens with zero attached hydrogens (tertiary/aromatic N) is 6. The summed E-state index contributed by atoms with van der Waals surface area (Å²) < 4.78 is 109. The molecule has 1 saturated heterocycles. The normalized spacial score (nSPS) is 14.8. The van der Waals surface area contributed by atoms with E-state index in [0.717, 1.165) is 0 Å². The highest BCUT2D eigenvalue weighted by Crippen LogP contribution is 2.39. The first-order chi connectivity index (χ1) is 49.1. The van der Waals surface area contributed by atoms with Gasteiger partial charge < -0.3 is 71.5 Å². The van der Waals surface area contributed by atoms with Gasteiger partial charge in [-0.15, -0.1) is 0 Å². The number of carbonyl (C=O) groups excluding carboxylic acids is 3. The van der Waals surface area contributed by atoms with Crippen molar-refractivity contribution < 1.29 is 99.6 Å². The van der Waals surface area contributed by atoms with Crippen LogP contribution in [0.15, 0.2) is 72.8 Å². The van der Waals surface area contributed by atoms with Crippen LogP contribution >= 0.6 is 22.1 Å². The summed E-state index contributed by atoms with van der Waals surface area (Å²) in [5, 5.41) is 0. The van der Waals surface area contributed by atoms with Crippen molar-refractivity contribution in [3.8, 4) is 87.3 Å². The molecule has 0 spiro atoms. The summed E-state index contributed by atoms with van der Waals surface area (Å²) in [5.41, 5.74) is 0.719. The summed E-state index contributed by atoms with van der Waals surface area (Å²) in [5.74, 6) is 19.2. The number of ether oxygens (including phenoxy) is 12. The summed E-state index contributed by atoms with van der Waals surface area (Å²) in [6, 6.07) is 18.8. The second-order valence-electron chi connectivity index (χ2n) is 27.6. The molecule has 3 N–H and O–H groups in total. The Kier molecular flexibility index (Phi) is 28.3. The number of benzene rings is 3. The van der Waals surface area contributed by atoms with Crippen molar-refractivity contribution in [1.29, 1.82) is 0 Å². The van der Waals surface area contributed by atoms with Crippen molar-refractivity contribution in [3.63, 3.8) is 0 Å². The van der Waals surface area contributed by atoms with Crippen LogP contribution in [0.1, 0.15) is 113 Å². The fourth-order valence-electron chi connectivity index (χ4n) is 10.4. The average molecular weight is 1510 g/mol.